The van der Waals surface area contributed by atoms with E-state index in [0.29, 0.717) is 11.4 Å². The van der Waals surface area contributed by atoms with E-state index < -0.39 is 15.8 Å². The Balaban J connectivity index is 1.68. The smallest absolute Gasteiger partial charge is 0.321 e. The number of hydrogen-bond donors (Lipinski definition) is 1. The largest absolute Gasteiger partial charge is 0.497 e. The lowest BCUT2D eigenvalue weighted by Crippen LogP contribution is -2.51. The van der Waals surface area contributed by atoms with Crippen LogP contribution in [0.25, 0.3) is 0 Å². The molecule has 8 nitrogen and oxygen atoms in total. The number of halogens is 1. The molecule has 1 heterocycles. The highest BCUT2D eigenvalue weighted by molar-refractivity contribution is 7.89. The minimum absolute atomic E-state index is 0.0172. The number of sulfonamides is 1. The van der Waals surface area contributed by atoms with Crippen molar-refractivity contribution in [3.63, 3.8) is 0 Å². The van der Waals surface area contributed by atoms with Gasteiger partial charge in [-0.1, -0.05) is 0 Å². The second-order valence-electron chi connectivity index (χ2n) is 6.34. The minimum Gasteiger partial charge on any atom is -0.497 e. The second-order valence-corrected chi connectivity index (χ2v) is 8.25. The lowest BCUT2D eigenvalue weighted by molar-refractivity contribution is 0.184. The van der Waals surface area contributed by atoms with Gasteiger partial charge in [-0.25, -0.2) is 17.6 Å². The third-order valence-electron chi connectivity index (χ3n) is 4.61. The van der Waals surface area contributed by atoms with Gasteiger partial charge in [0, 0.05) is 37.9 Å². The first kappa shape index (κ1) is 20.9. The van der Waals surface area contributed by atoms with E-state index in [4.69, 9.17) is 9.47 Å². The lowest BCUT2D eigenvalue weighted by atomic mass is 10.3. The maximum Gasteiger partial charge on any atom is 0.321 e. The fourth-order valence-corrected chi connectivity index (χ4v) is 4.58. The van der Waals surface area contributed by atoms with E-state index in [1.54, 1.807) is 6.07 Å². The summed E-state index contributed by atoms with van der Waals surface area (Å²) in [6.45, 7) is 0.718. The number of anilines is 1. The van der Waals surface area contributed by atoms with Crippen LogP contribution in [0, 0.1) is 5.82 Å². The summed E-state index contributed by atoms with van der Waals surface area (Å²) in [5.41, 5.74) is 0.465. The molecule has 1 fully saturated rings. The number of hydrogen-bond acceptors (Lipinski definition) is 5. The molecule has 1 saturated heterocycles. The first-order valence-corrected chi connectivity index (χ1v) is 10.3. The van der Waals surface area contributed by atoms with Gasteiger partial charge >= 0.3 is 6.03 Å². The van der Waals surface area contributed by atoms with Gasteiger partial charge in [-0.15, -0.1) is 0 Å². The molecule has 2 aromatic carbocycles. The topological polar surface area (TPSA) is 88.2 Å². The van der Waals surface area contributed by atoms with Crippen LogP contribution in [0.4, 0.5) is 14.9 Å². The van der Waals surface area contributed by atoms with Crippen LogP contribution in [0.3, 0.4) is 0 Å². The van der Waals surface area contributed by atoms with Crippen molar-refractivity contribution in [3.8, 4) is 11.5 Å². The molecule has 0 atom stereocenters. The highest BCUT2D eigenvalue weighted by atomic mass is 32.2. The summed E-state index contributed by atoms with van der Waals surface area (Å²) >= 11 is 0. The number of methoxy groups -OCH3 is 2. The van der Waals surface area contributed by atoms with Crippen molar-refractivity contribution in [1.82, 2.24) is 9.21 Å². The van der Waals surface area contributed by atoms with Gasteiger partial charge in [-0.2, -0.15) is 4.31 Å². The van der Waals surface area contributed by atoms with Crippen LogP contribution in [-0.4, -0.2) is 64.1 Å². The Hall–Kier alpha value is -2.85. The van der Waals surface area contributed by atoms with E-state index in [0.717, 1.165) is 0 Å². The number of nitrogens with one attached hydrogen (secondary N) is 1. The van der Waals surface area contributed by atoms with Crippen molar-refractivity contribution in [3.05, 3.63) is 48.3 Å². The maximum absolute atomic E-state index is 13.1. The van der Waals surface area contributed by atoms with Crippen LogP contribution >= 0.6 is 0 Å². The molecule has 2 aromatic rings. The summed E-state index contributed by atoms with van der Waals surface area (Å²) in [7, 11) is -0.965. The molecule has 1 aliphatic rings. The molecule has 0 unspecified atom stereocenters. The standard InChI is InChI=1S/C19H22FN3O5S/c1-27-16-7-8-17(28-2)18(13-16)29(25,26)23-11-9-22(10-12-23)19(24)21-15-5-3-14(20)4-6-15/h3-8,13H,9-12H2,1-2H3,(H,21,24). The predicted molar refractivity (Wildman–Crippen MR) is 105 cm³/mol. The zero-order chi connectivity index (χ0) is 21.0. The molecular weight excluding hydrogens is 401 g/mol. The van der Waals surface area contributed by atoms with E-state index in [2.05, 4.69) is 5.32 Å². The zero-order valence-electron chi connectivity index (χ0n) is 16.1. The Kier molecular flexibility index (Phi) is 6.23. The molecule has 0 saturated carbocycles. The molecule has 2 amide bonds. The normalized spacial score (nSPS) is 15.1. The van der Waals surface area contributed by atoms with Gasteiger partial charge < -0.3 is 19.7 Å². The molecule has 10 heteroatoms. The number of ether oxygens (including phenoxy) is 2. The number of carbonyl (C=O) groups is 1. The molecule has 156 valence electrons. The van der Waals surface area contributed by atoms with Gasteiger partial charge in [0.2, 0.25) is 10.0 Å². The Morgan fingerprint density at radius 3 is 2.24 bits per heavy atom. The Labute approximate surface area is 168 Å². The number of carbonyl (C=O) groups excluding carboxylic acids is 1. The molecule has 3 rings (SSSR count). The van der Waals surface area contributed by atoms with Gasteiger partial charge in [0.25, 0.3) is 0 Å². The first-order valence-electron chi connectivity index (χ1n) is 8.89. The van der Waals surface area contributed by atoms with E-state index >= 15 is 0 Å². The molecule has 0 spiro atoms. The van der Waals surface area contributed by atoms with Crippen molar-refractivity contribution in [2.24, 2.45) is 0 Å². The number of nitrogens with zero attached hydrogens (tertiary/aromatic N) is 2. The number of benzene rings is 2. The highest BCUT2D eigenvalue weighted by Gasteiger charge is 2.32. The quantitative estimate of drug-likeness (QED) is 0.798. The Morgan fingerprint density at radius 2 is 1.66 bits per heavy atom. The van der Waals surface area contributed by atoms with Crippen LogP contribution in [-0.2, 0) is 10.0 Å². The number of piperazine rings is 1. The fraction of sp³-hybridized carbons (Fsp3) is 0.316. The van der Waals surface area contributed by atoms with Crippen LogP contribution in [0.5, 0.6) is 11.5 Å². The maximum atomic E-state index is 13.1. The summed E-state index contributed by atoms with van der Waals surface area (Å²) < 4.78 is 50.7. The van der Waals surface area contributed by atoms with Gasteiger partial charge in [0.15, 0.2) is 0 Å². The van der Waals surface area contributed by atoms with Gasteiger partial charge in [0.05, 0.1) is 14.2 Å². The number of urea groups is 1. The summed E-state index contributed by atoms with van der Waals surface area (Å²) in [6.07, 6.45) is 0. The third kappa shape index (κ3) is 4.60. The Bertz CT molecular complexity index is 974. The predicted octanol–water partition coefficient (Wildman–Crippen LogP) is 2.38. The van der Waals surface area contributed by atoms with Crippen molar-refractivity contribution >= 4 is 21.7 Å². The molecule has 1 aliphatic heterocycles. The molecule has 1 N–H and O–H groups in total. The van der Waals surface area contributed by atoms with Gasteiger partial charge in [-0.3, -0.25) is 0 Å². The molecule has 29 heavy (non-hydrogen) atoms. The van der Waals surface area contributed by atoms with Gasteiger partial charge in [0.1, 0.15) is 22.2 Å². The fourth-order valence-electron chi connectivity index (χ4n) is 2.99. The lowest BCUT2D eigenvalue weighted by Gasteiger charge is -2.34. The zero-order valence-corrected chi connectivity index (χ0v) is 16.9. The van der Waals surface area contributed by atoms with Crippen molar-refractivity contribution in [2.75, 3.05) is 45.7 Å². The summed E-state index contributed by atoms with van der Waals surface area (Å²) in [5, 5.41) is 2.67. The van der Waals surface area contributed by atoms with E-state index in [1.165, 1.54) is 59.8 Å². The van der Waals surface area contributed by atoms with Crippen LogP contribution in [0.2, 0.25) is 0 Å². The minimum atomic E-state index is -3.82. The average Bonchev–Trinajstić information content (AvgIpc) is 2.74. The van der Waals surface area contributed by atoms with Gasteiger partial charge in [-0.05, 0) is 36.4 Å². The van der Waals surface area contributed by atoms with Crippen molar-refractivity contribution < 1.29 is 27.1 Å². The Morgan fingerprint density at radius 1 is 1.00 bits per heavy atom. The van der Waals surface area contributed by atoms with Crippen LogP contribution < -0.4 is 14.8 Å². The molecule has 0 aromatic heterocycles. The van der Waals surface area contributed by atoms with E-state index in [9.17, 15) is 17.6 Å². The molecule has 0 bridgehead atoms. The van der Waals surface area contributed by atoms with Crippen LogP contribution in [0.15, 0.2) is 47.4 Å². The van der Waals surface area contributed by atoms with Crippen LogP contribution in [0.1, 0.15) is 0 Å². The molecule has 0 aliphatic carbocycles. The van der Waals surface area contributed by atoms with Crippen molar-refractivity contribution in [1.29, 1.82) is 0 Å². The number of rotatable bonds is 5. The monoisotopic (exact) mass is 423 g/mol. The van der Waals surface area contributed by atoms with E-state index in [1.807, 2.05) is 0 Å². The summed E-state index contributed by atoms with van der Waals surface area (Å²) in [6, 6.07) is 9.64. The highest BCUT2D eigenvalue weighted by Crippen LogP contribution is 2.31. The summed E-state index contributed by atoms with van der Waals surface area (Å²) in [5.74, 6) is 0.235. The number of amides is 2. The SMILES string of the molecule is COc1ccc(OC)c(S(=O)(=O)N2CCN(C(=O)Nc3ccc(F)cc3)CC2)c1. The second kappa shape index (κ2) is 8.66. The average molecular weight is 423 g/mol. The molecule has 0 radical (unpaired) electrons. The summed E-state index contributed by atoms with van der Waals surface area (Å²) in [4.78, 5) is 13.9. The van der Waals surface area contributed by atoms with E-state index in [-0.39, 0.29) is 42.9 Å². The third-order valence-corrected chi connectivity index (χ3v) is 6.53. The first-order chi connectivity index (χ1) is 13.8. The van der Waals surface area contributed by atoms with Crippen molar-refractivity contribution in [2.45, 2.75) is 4.90 Å². The molecular formula is C19H22FN3O5S.